The molecule has 1 atom stereocenters. The molecule has 1 aliphatic rings. The van der Waals surface area contributed by atoms with Gasteiger partial charge in [0.05, 0.1) is 12.3 Å². The fourth-order valence-corrected chi connectivity index (χ4v) is 4.65. The molecule has 4 rings (SSSR count). The number of hydrogen-bond donors (Lipinski definition) is 4. The summed E-state index contributed by atoms with van der Waals surface area (Å²) in [6.45, 7) is 6.17. The van der Waals surface area contributed by atoms with Gasteiger partial charge in [-0.2, -0.15) is 4.98 Å². The van der Waals surface area contributed by atoms with Crippen molar-refractivity contribution in [3.63, 3.8) is 0 Å². The Morgan fingerprint density at radius 3 is 2.43 bits per heavy atom. The first-order valence-corrected chi connectivity index (χ1v) is 12.6. The molecule has 3 aromatic rings. The molecule has 1 heterocycles. The number of ether oxygens (including phenoxy) is 1. The molecular weight excluding hydrogens is 468 g/mol. The second-order valence-corrected chi connectivity index (χ2v) is 9.82. The Bertz CT molecular complexity index is 1290. The number of hydrogen-bond acceptors (Lipinski definition) is 7. The zero-order valence-corrected chi connectivity index (χ0v) is 21.5. The number of benzene rings is 2. The summed E-state index contributed by atoms with van der Waals surface area (Å²) in [5, 5.41) is 5.89. The van der Waals surface area contributed by atoms with Crippen molar-refractivity contribution < 1.29 is 14.3 Å². The second kappa shape index (κ2) is 10.9. The molecule has 1 unspecified atom stereocenters. The molecule has 9 nitrogen and oxygen atoms in total. The van der Waals surface area contributed by atoms with Crippen molar-refractivity contribution >= 4 is 29.5 Å². The minimum Gasteiger partial charge on any atom is -0.449 e. The number of amides is 2. The highest BCUT2D eigenvalue weighted by atomic mass is 16.5. The quantitative estimate of drug-likeness (QED) is 0.380. The molecule has 2 aromatic carbocycles. The number of nitrogens with two attached hydrogens (primary N) is 2. The molecule has 6 N–H and O–H groups in total. The Kier molecular flexibility index (Phi) is 7.61. The van der Waals surface area contributed by atoms with E-state index in [2.05, 4.69) is 26.7 Å². The average molecular weight is 503 g/mol. The summed E-state index contributed by atoms with van der Waals surface area (Å²) in [5.41, 5.74) is 15.9. The van der Waals surface area contributed by atoms with Gasteiger partial charge in [0, 0.05) is 17.7 Å². The number of nitrogen functional groups attached to an aromatic ring is 2. The van der Waals surface area contributed by atoms with Crippen molar-refractivity contribution in [3.8, 4) is 11.1 Å². The van der Waals surface area contributed by atoms with Crippen molar-refractivity contribution in [1.82, 2.24) is 15.3 Å². The van der Waals surface area contributed by atoms with Crippen LogP contribution in [0.5, 0.6) is 0 Å². The maximum atomic E-state index is 13.7. The molecule has 194 valence electrons. The molecule has 0 spiro atoms. The topological polar surface area (TPSA) is 145 Å². The Labute approximate surface area is 217 Å². The monoisotopic (exact) mass is 502 g/mol. The second-order valence-electron chi connectivity index (χ2n) is 9.82. The van der Waals surface area contributed by atoms with Crippen LogP contribution in [-0.4, -0.2) is 34.1 Å². The summed E-state index contributed by atoms with van der Waals surface area (Å²) in [5.74, 6) is 0.349. The van der Waals surface area contributed by atoms with Crippen molar-refractivity contribution in [3.05, 3.63) is 65.4 Å². The molecule has 0 aliphatic heterocycles. The van der Waals surface area contributed by atoms with E-state index in [4.69, 9.17) is 16.2 Å². The summed E-state index contributed by atoms with van der Waals surface area (Å²) in [6.07, 6.45) is 1.56. The van der Waals surface area contributed by atoms with Gasteiger partial charge in [-0.25, -0.2) is 9.78 Å². The fraction of sp³-hybridized carbons (Fsp3) is 0.357. The predicted molar refractivity (Wildman–Crippen MR) is 145 cm³/mol. The third-order valence-corrected chi connectivity index (χ3v) is 6.55. The third kappa shape index (κ3) is 5.82. The minimum absolute atomic E-state index is 0.140. The summed E-state index contributed by atoms with van der Waals surface area (Å²) >= 11 is 0. The number of alkyl carbamates (subject to hydrolysis) is 1. The van der Waals surface area contributed by atoms with Crippen LogP contribution in [0.1, 0.15) is 44.0 Å². The zero-order chi connectivity index (χ0) is 26.6. The van der Waals surface area contributed by atoms with Gasteiger partial charge < -0.3 is 26.8 Å². The Morgan fingerprint density at radius 1 is 1.05 bits per heavy atom. The van der Waals surface area contributed by atoms with E-state index < -0.39 is 11.6 Å². The Morgan fingerprint density at radius 2 is 1.76 bits per heavy atom. The maximum Gasteiger partial charge on any atom is 0.408 e. The van der Waals surface area contributed by atoms with E-state index in [9.17, 15) is 9.59 Å². The summed E-state index contributed by atoms with van der Waals surface area (Å²) in [6, 6.07) is 15.3. The Balaban J connectivity index is 1.57. The lowest BCUT2D eigenvalue weighted by molar-refractivity contribution is -0.122. The van der Waals surface area contributed by atoms with E-state index in [1.807, 2.05) is 51.1 Å². The van der Waals surface area contributed by atoms with Crippen molar-refractivity contribution in [2.24, 2.45) is 5.92 Å². The first kappa shape index (κ1) is 25.9. The minimum atomic E-state index is -1.13. The fourth-order valence-electron chi connectivity index (χ4n) is 4.65. The van der Waals surface area contributed by atoms with Crippen LogP contribution in [0.3, 0.4) is 0 Å². The van der Waals surface area contributed by atoms with Crippen LogP contribution in [0.15, 0.2) is 48.5 Å². The zero-order valence-electron chi connectivity index (χ0n) is 21.5. The molecule has 0 saturated heterocycles. The average Bonchev–Trinajstić information content (AvgIpc) is 2.87. The van der Waals surface area contributed by atoms with Crippen LogP contribution >= 0.6 is 0 Å². The molecule has 0 fully saturated rings. The molecule has 1 aliphatic carbocycles. The first-order chi connectivity index (χ1) is 17.7. The van der Waals surface area contributed by atoms with Gasteiger partial charge in [-0.1, -0.05) is 57.2 Å². The van der Waals surface area contributed by atoms with E-state index in [1.54, 1.807) is 12.1 Å². The molecule has 0 saturated carbocycles. The lowest BCUT2D eigenvalue weighted by Crippen LogP contribution is -2.60. The summed E-state index contributed by atoms with van der Waals surface area (Å²) in [7, 11) is 0. The number of aromatic nitrogens is 2. The number of rotatable bonds is 7. The maximum absolute atomic E-state index is 13.7. The predicted octanol–water partition coefficient (Wildman–Crippen LogP) is 4.12. The van der Waals surface area contributed by atoms with Crippen LogP contribution in [-0.2, 0) is 28.8 Å². The van der Waals surface area contributed by atoms with Crippen molar-refractivity contribution in [2.75, 3.05) is 23.4 Å². The number of aryl methyl sites for hydroxylation is 2. The molecule has 2 amide bonds. The SMILES string of the molecule is CCc1nc(N)nc(N)c1-c1ccc(NC(=O)C2(NC(=O)OCC(C)C)CCc3ccccc3C2)cc1. The van der Waals surface area contributed by atoms with Crippen LogP contribution in [0.4, 0.5) is 22.2 Å². The van der Waals surface area contributed by atoms with Gasteiger partial charge in [-0.3, -0.25) is 4.79 Å². The van der Waals surface area contributed by atoms with Crippen LogP contribution in [0.2, 0.25) is 0 Å². The number of nitrogens with one attached hydrogen (secondary N) is 2. The number of fused-ring (bicyclic) bond motifs is 1. The van der Waals surface area contributed by atoms with Crippen molar-refractivity contribution in [2.45, 2.75) is 52.0 Å². The standard InChI is InChI=1S/C28H34N6O3/c1-4-22-23(24(29)33-26(30)32-22)19-9-11-21(12-10-19)31-25(35)28(34-27(36)37-16-17(2)3)14-13-18-7-5-6-8-20(18)15-28/h5-12,17H,4,13-16H2,1-3H3,(H,31,35)(H,34,36)(H4,29,30,32,33). The molecule has 1 aromatic heterocycles. The van der Waals surface area contributed by atoms with E-state index in [0.717, 1.165) is 22.4 Å². The van der Waals surface area contributed by atoms with E-state index in [-0.39, 0.29) is 24.4 Å². The molecule has 0 bridgehead atoms. The number of carbonyl (C=O) groups is 2. The molecule has 37 heavy (non-hydrogen) atoms. The lowest BCUT2D eigenvalue weighted by atomic mass is 9.77. The van der Waals surface area contributed by atoms with Crippen LogP contribution in [0, 0.1) is 5.92 Å². The first-order valence-electron chi connectivity index (χ1n) is 12.6. The highest BCUT2D eigenvalue weighted by Crippen LogP contribution is 2.32. The van der Waals surface area contributed by atoms with E-state index >= 15 is 0 Å². The molecule has 0 radical (unpaired) electrons. The van der Waals surface area contributed by atoms with E-state index in [0.29, 0.717) is 37.2 Å². The van der Waals surface area contributed by atoms with E-state index in [1.165, 1.54) is 5.56 Å². The van der Waals surface area contributed by atoms with Crippen LogP contribution in [0.25, 0.3) is 11.1 Å². The summed E-state index contributed by atoms with van der Waals surface area (Å²) in [4.78, 5) is 34.7. The smallest absolute Gasteiger partial charge is 0.408 e. The Hall–Kier alpha value is -4.14. The number of carbonyl (C=O) groups excluding carboxylic acids is 2. The van der Waals surface area contributed by atoms with Gasteiger partial charge in [-0.15, -0.1) is 0 Å². The summed E-state index contributed by atoms with van der Waals surface area (Å²) < 4.78 is 5.36. The van der Waals surface area contributed by atoms with Gasteiger partial charge in [0.2, 0.25) is 5.95 Å². The molecular formula is C28H34N6O3. The van der Waals surface area contributed by atoms with Gasteiger partial charge in [0.15, 0.2) is 0 Å². The molecule has 9 heteroatoms. The normalized spacial score (nSPS) is 16.6. The van der Waals surface area contributed by atoms with Gasteiger partial charge in [-0.05, 0) is 54.0 Å². The highest BCUT2D eigenvalue weighted by molar-refractivity contribution is 6.00. The lowest BCUT2D eigenvalue weighted by Gasteiger charge is -2.37. The van der Waals surface area contributed by atoms with Crippen LogP contribution < -0.4 is 22.1 Å². The number of nitrogens with zero attached hydrogens (tertiary/aromatic N) is 2. The number of anilines is 3. The van der Waals surface area contributed by atoms with Gasteiger partial charge in [0.1, 0.15) is 11.4 Å². The highest BCUT2D eigenvalue weighted by Gasteiger charge is 2.43. The third-order valence-electron chi connectivity index (χ3n) is 6.55. The van der Waals surface area contributed by atoms with Crippen molar-refractivity contribution in [1.29, 1.82) is 0 Å². The van der Waals surface area contributed by atoms with Gasteiger partial charge >= 0.3 is 6.09 Å². The van der Waals surface area contributed by atoms with Gasteiger partial charge in [0.25, 0.3) is 5.91 Å². The largest absolute Gasteiger partial charge is 0.449 e.